The van der Waals surface area contributed by atoms with Crippen molar-refractivity contribution in [3.8, 4) is 5.75 Å². The predicted molar refractivity (Wildman–Crippen MR) is 133 cm³/mol. The SMILES string of the molecule is CN=C(NCCc1ccc(OC)cc1Cl)NCc1ccc(C(=O)NCC(N)=O)cc1.I. The minimum Gasteiger partial charge on any atom is -0.497 e. The van der Waals surface area contributed by atoms with Crippen LogP contribution < -0.4 is 26.4 Å². The Morgan fingerprint density at radius 3 is 2.39 bits per heavy atom. The Labute approximate surface area is 204 Å². The van der Waals surface area contributed by atoms with Crippen LogP contribution in [0.3, 0.4) is 0 Å². The van der Waals surface area contributed by atoms with Crippen molar-refractivity contribution >= 4 is 53.4 Å². The number of hydrogen-bond acceptors (Lipinski definition) is 4. The molecule has 168 valence electrons. The second kappa shape index (κ2) is 13.7. The fraction of sp³-hybridized carbons (Fsp3) is 0.286. The maximum Gasteiger partial charge on any atom is 0.251 e. The molecule has 0 aliphatic carbocycles. The van der Waals surface area contributed by atoms with Crippen LogP contribution in [0.4, 0.5) is 0 Å². The van der Waals surface area contributed by atoms with Gasteiger partial charge in [-0.1, -0.05) is 29.8 Å². The Morgan fingerprint density at radius 2 is 1.81 bits per heavy atom. The lowest BCUT2D eigenvalue weighted by molar-refractivity contribution is -0.117. The molecule has 0 fully saturated rings. The van der Waals surface area contributed by atoms with Crippen molar-refractivity contribution in [1.29, 1.82) is 0 Å². The molecule has 0 bridgehead atoms. The number of carbonyl (C=O) groups is 2. The third-order valence-electron chi connectivity index (χ3n) is 4.27. The molecule has 0 aliphatic heterocycles. The van der Waals surface area contributed by atoms with E-state index in [9.17, 15) is 9.59 Å². The summed E-state index contributed by atoms with van der Waals surface area (Å²) in [6, 6.07) is 12.7. The maximum atomic E-state index is 11.9. The number of nitrogens with two attached hydrogens (primary N) is 1. The summed E-state index contributed by atoms with van der Waals surface area (Å²) in [7, 11) is 3.30. The quantitative estimate of drug-likeness (QED) is 0.213. The Bertz CT molecular complexity index is 906. The van der Waals surface area contributed by atoms with E-state index < -0.39 is 5.91 Å². The highest BCUT2D eigenvalue weighted by Crippen LogP contribution is 2.22. The van der Waals surface area contributed by atoms with E-state index in [1.54, 1.807) is 32.4 Å². The molecule has 0 saturated heterocycles. The summed E-state index contributed by atoms with van der Waals surface area (Å²) in [4.78, 5) is 26.8. The lowest BCUT2D eigenvalue weighted by Gasteiger charge is -2.13. The molecule has 0 aromatic heterocycles. The van der Waals surface area contributed by atoms with Crippen LogP contribution >= 0.6 is 35.6 Å². The average molecular weight is 560 g/mol. The van der Waals surface area contributed by atoms with Crippen molar-refractivity contribution in [3.63, 3.8) is 0 Å². The Morgan fingerprint density at radius 1 is 1.10 bits per heavy atom. The van der Waals surface area contributed by atoms with Gasteiger partial charge in [0.15, 0.2) is 5.96 Å². The number of hydrogen-bond donors (Lipinski definition) is 4. The van der Waals surface area contributed by atoms with Gasteiger partial charge in [0.05, 0.1) is 13.7 Å². The standard InChI is InChI=1S/C21H26ClN5O3.HI/c1-24-21(25-10-9-15-7-8-17(30-2)11-18(15)22)27-12-14-3-5-16(6-4-14)20(29)26-13-19(23)28;/h3-8,11H,9-10,12-13H2,1-2H3,(H2,23,28)(H,26,29)(H2,24,25,27);1H. The topological polar surface area (TPSA) is 118 Å². The number of rotatable bonds is 9. The van der Waals surface area contributed by atoms with Crippen LogP contribution in [-0.2, 0) is 17.8 Å². The van der Waals surface area contributed by atoms with E-state index in [0.29, 0.717) is 29.6 Å². The maximum absolute atomic E-state index is 11.9. The van der Waals surface area contributed by atoms with E-state index in [1.807, 2.05) is 24.3 Å². The van der Waals surface area contributed by atoms with Gasteiger partial charge in [-0.3, -0.25) is 14.6 Å². The van der Waals surface area contributed by atoms with Crippen molar-refractivity contribution in [2.24, 2.45) is 10.7 Å². The lowest BCUT2D eigenvalue weighted by atomic mass is 10.1. The average Bonchev–Trinajstić information content (AvgIpc) is 2.75. The molecule has 0 unspecified atom stereocenters. The zero-order chi connectivity index (χ0) is 21.9. The van der Waals surface area contributed by atoms with E-state index in [-0.39, 0.29) is 36.4 Å². The molecule has 0 saturated carbocycles. The highest BCUT2D eigenvalue weighted by Gasteiger charge is 2.07. The number of methoxy groups -OCH3 is 1. The molecule has 0 atom stereocenters. The van der Waals surface area contributed by atoms with Crippen LogP contribution in [0.25, 0.3) is 0 Å². The number of amides is 2. The first kappa shape index (κ1) is 26.5. The number of aliphatic imine (C=N–C) groups is 1. The third kappa shape index (κ3) is 9.01. The van der Waals surface area contributed by atoms with Gasteiger partial charge in [-0.15, -0.1) is 24.0 Å². The van der Waals surface area contributed by atoms with Crippen LogP contribution in [-0.4, -0.2) is 45.0 Å². The van der Waals surface area contributed by atoms with Crippen LogP contribution in [0.1, 0.15) is 21.5 Å². The molecule has 0 heterocycles. The van der Waals surface area contributed by atoms with E-state index in [0.717, 1.165) is 23.3 Å². The van der Waals surface area contributed by atoms with Crippen LogP contribution in [0.2, 0.25) is 5.02 Å². The third-order valence-corrected chi connectivity index (χ3v) is 4.62. The van der Waals surface area contributed by atoms with E-state index >= 15 is 0 Å². The highest BCUT2D eigenvalue weighted by atomic mass is 127. The van der Waals surface area contributed by atoms with Crippen LogP contribution in [0.5, 0.6) is 5.75 Å². The monoisotopic (exact) mass is 559 g/mol. The molecule has 0 aliphatic rings. The van der Waals surface area contributed by atoms with Crippen molar-refractivity contribution in [2.45, 2.75) is 13.0 Å². The predicted octanol–water partition coefficient (Wildman–Crippen LogP) is 2.09. The molecular weight excluding hydrogens is 533 g/mol. The minimum atomic E-state index is -0.586. The molecule has 2 amide bonds. The first-order chi connectivity index (χ1) is 14.4. The van der Waals surface area contributed by atoms with Gasteiger partial charge in [0, 0.05) is 30.7 Å². The smallest absolute Gasteiger partial charge is 0.251 e. The number of carbonyl (C=O) groups excluding carboxylic acids is 2. The van der Waals surface area contributed by atoms with Gasteiger partial charge in [-0.2, -0.15) is 0 Å². The molecule has 0 spiro atoms. The second-order valence-corrected chi connectivity index (χ2v) is 6.81. The number of primary amides is 1. The van der Waals surface area contributed by atoms with Crippen molar-refractivity contribution in [3.05, 3.63) is 64.2 Å². The number of benzene rings is 2. The first-order valence-corrected chi connectivity index (χ1v) is 9.73. The molecule has 5 N–H and O–H groups in total. The van der Waals surface area contributed by atoms with E-state index in [2.05, 4.69) is 20.9 Å². The van der Waals surface area contributed by atoms with E-state index in [1.165, 1.54) is 0 Å². The molecule has 2 aromatic carbocycles. The van der Waals surface area contributed by atoms with Crippen molar-refractivity contribution < 1.29 is 14.3 Å². The van der Waals surface area contributed by atoms with Crippen molar-refractivity contribution in [1.82, 2.24) is 16.0 Å². The summed E-state index contributed by atoms with van der Waals surface area (Å²) in [6.07, 6.45) is 0.735. The Balaban J connectivity index is 0.00000480. The van der Waals surface area contributed by atoms with Gasteiger partial charge in [-0.25, -0.2) is 0 Å². The zero-order valence-electron chi connectivity index (χ0n) is 17.4. The highest BCUT2D eigenvalue weighted by molar-refractivity contribution is 14.0. The molecule has 10 heteroatoms. The Hall–Kier alpha value is -2.53. The fourth-order valence-electron chi connectivity index (χ4n) is 2.62. The second-order valence-electron chi connectivity index (χ2n) is 6.41. The molecular formula is C21H27ClIN5O3. The van der Waals surface area contributed by atoms with Gasteiger partial charge < -0.3 is 26.4 Å². The van der Waals surface area contributed by atoms with Gasteiger partial charge in [0.1, 0.15) is 5.75 Å². The summed E-state index contributed by atoms with van der Waals surface area (Å²) in [5, 5.41) is 9.58. The number of halogens is 2. The lowest BCUT2D eigenvalue weighted by Crippen LogP contribution is -2.37. The minimum absolute atomic E-state index is 0. The molecule has 8 nitrogen and oxygen atoms in total. The number of ether oxygens (including phenoxy) is 1. The molecule has 0 radical (unpaired) electrons. The fourth-order valence-corrected chi connectivity index (χ4v) is 2.89. The van der Waals surface area contributed by atoms with Crippen LogP contribution in [0, 0.1) is 0 Å². The molecule has 2 rings (SSSR count). The summed E-state index contributed by atoms with van der Waals surface area (Å²) >= 11 is 6.26. The van der Waals surface area contributed by atoms with Gasteiger partial charge in [0.25, 0.3) is 5.91 Å². The summed E-state index contributed by atoms with van der Waals surface area (Å²) in [6.45, 7) is 1.00. The summed E-state index contributed by atoms with van der Waals surface area (Å²) in [5.74, 6) is 0.453. The summed E-state index contributed by atoms with van der Waals surface area (Å²) in [5.41, 5.74) is 7.47. The van der Waals surface area contributed by atoms with Gasteiger partial charge in [0.2, 0.25) is 5.91 Å². The molecule has 31 heavy (non-hydrogen) atoms. The Kier molecular flexibility index (Phi) is 11.7. The van der Waals surface area contributed by atoms with Crippen LogP contribution in [0.15, 0.2) is 47.5 Å². The first-order valence-electron chi connectivity index (χ1n) is 9.35. The number of nitrogens with one attached hydrogen (secondary N) is 3. The van der Waals surface area contributed by atoms with Crippen molar-refractivity contribution in [2.75, 3.05) is 27.2 Å². The normalized spacial score (nSPS) is 10.6. The van der Waals surface area contributed by atoms with Gasteiger partial charge >= 0.3 is 0 Å². The van der Waals surface area contributed by atoms with Gasteiger partial charge in [-0.05, 0) is 41.8 Å². The molecule has 2 aromatic rings. The summed E-state index contributed by atoms with van der Waals surface area (Å²) < 4.78 is 5.16. The largest absolute Gasteiger partial charge is 0.497 e. The number of guanidine groups is 1. The number of nitrogens with zero attached hydrogens (tertiary/aromatic N) is 1. The van der Waals surface area contributed by atoms with E-state index in [4.69, 9.17) is 22.1 Å². The zero-order valence-corrected chi connectivity index (χ0v) is 20.5.